The third kappa shape index (κ3) is 5.51. The van der Waals surface area contributed by atoms with Crippen LogP contribution in [0.1, 0.15) is 30.7 Å². The number of nitrogens with one attached hydrogen (secondary N) is 2. The SMILES string of the molecule is CC(C)(c1ccc(Cl)c(Cl)c1)c1cnc(SCc2ccc(F)c(NC(=N)N)c2)n1-c1ccc(F)cc1. The Kier molecular flexibility index (Phi) is 7.59. The first-order valence-corrected chi connectivity index (χ1v) is 12.6. The molecular formula is C26H23Cl2F2N5S. The largest absolute Gasteiger partial charge is 0.370 e. The molecule has 4 rings (SSSR count). The number of anilines is 1. The van der Waals surface area contributed by atoms with Gasteiger partial charge in [0.15, 0.2) is 11.1 Å². The highest BCUT2D eigenvalue weighted by Gasteiger charge is 2.30. The molecule has 0 amide bonds. The lowest BCUT2D eigenvalue weighted by Crippen LogP contribution is -2.23. The molecule has 0 unspecified atom stereocenters. The van der Waals surface area contributed by atoms with Crippen LogP contribution in [0.15, 0.2) is 72.0 Å². The molecule has 10 heteroatoms. The number of nitrogens with zero attached hydrogens (tertiary/aromatic N) is 2. The van der Waals surface area contributed by atoms with E-state index in [4.69, 9.17) is 34.3 Å². The van der Waals surface area contributed by atoms with Gasteiger partial charge in [-0.1, -0.05) is 60.9 Å². The molecule has 4 N–H and O–H groups in total. The second-order valence-electron chi connectivity index (χ2n) is 8.63. The van der Waals surface area contributed by atoms with Gasteiger partial charge in [-0.15, -0.1) is 0 Å². The van der Waals surface area contributed by atoms with E-state index in [1.807, 2.05) is 16.7 Å². The van der Waals surface area contributed by atoms with Crippen molar-refractivity contribution in [3.63, 3.8) is 0 Å². The number of hydrogen-bond acceptors (Lipinski definition) is 3. The Bertz CT molecular complexity index is 1420. The van der Waals surface area contributed by atoms with E-state index in [9.17, 15) is 8.78 Å². The van der Waals surface area contributed by atoms with Gasteiger partial charge in [-0.05, 0) is 59.7 Å². The van der Waals surface area contributed by atoms with E-state index in [-0.39, 0.29) is 17.5 Å². The van der Waals surface area contributed by atoms with Gasteiger partial charge in [0.05, 0.1) is 27.6 Å². The smallest absolute Gasteiger partial charge is 0.190 e. The summed E-state index contributed by atoms with van der Waals surface area (Å²) in [4.78, 5) is 4.68. The lowest BCUT2D eigenvalue weighted by molar-refractivity contribution is 0.591. The minimum absolute atomic E-state index is 0.129. The fraction of sp³-hybridized carbons (Fsp3) is 0.154. The van der Waals surface area contributed by atoms with E-state index in [2.05, 4.69) is 24.1 Å². The molecule has 0 saturated carbocycles. The maximum absolute atomic E-state index is 14.1. The van der Waals surface area contributed by atoms with Crippen LogP contribution in [0.25, 0.3) is 5.69 Å². The third-order valence-electron chi connectivity index (χ3n) is 5.76. The highest BCUT2D eigenvalue weighted by Crippen LogP contribution is 2.38. The molecule has 0 atom stereocenters. The molecule has 0 aliphatic carbocycles. The highest BCUT2D eigenvalue weighted by atomic mass is 35.5. The van der Waals surface area contributed by atoms with Crippen molar-refractivity contribution < 1.29 is 8.78 Å². The molecule has 4 aromatic rings. The van der Waals surface area contributed by atoms with Crippen LogP contribution in [0.2, 0.25) is 10.0 Å². The summed E-state index contributed by atoms with van der Waals surface area (Å²) in [5.41, 5.74) is 8.33. The van der Waals surface area contributed by atoms with E-state index >= 15 is 0 Å². The second-order valence-corrected chi connectivity index (χ2v) is 10.4. The molecule has 0 bridgehead atoms. The fourth-order valence-electron chi connectivity index (χ4n) is 3.80. The van der Waals surface area contributed by atoms with Crippen LogP contribution in [0.3, 0.4) is 0 Å². The van der Waals surface area contributed by atoms with Crippen molar-refractivity contribution in [2.45, 2.75) is 30.2 Å². The number of thioether (sulfide) groups is 1. The van der Waals surface area contributed by atoms with Crippen LogP contribution >= 0.6 is 35.0 Å². The Hall–Kier alpha value is -3.07. The van der Waals surface area contributed by atoms with Crippen LogP contribution < -0.4 is 11.1 Å². The maximum Gasteiger partial charge on any atom is 0.190 e. The van der Waals surface area contributed by atoms with Gasteiger partial charge in [0.1, 0.15) is 11.6 Å². The number of nitrogens with two attached hydrogens (primary N) is 1. The summed E-state index contributed by atoms with van der Waals surface area (Å²) in [6, 6.07) is 16.3. The zero-order chi connectivity index (χ0) is 26.0. The van der Waals surface area contributed by atoms with Crippen molar-refractivity contribution in [3.05, 3.63) is 105 Å². The first kappa shape index (κ1) is 26.0. The van der Waals surface area contributed by atoms with Gasteiger partial charge in [-0.25, -0.2) is 13.8 Å². The maximum atomic E-state index is 14.1. The molecule has 0 fully saturated rings. The average Bonchev–Trinajstić information content (AvgIpc) is 3.26. The van der Waals surface area contributed by atoms with Crippen LogP contribution in [-0.2, 0) is 11.2 Å². The van der Waals surface area contributed by atoms with Crippen molar-refractivity contribution >= 4 is 46.6 Å². The first-order chi connectivity index (χ1) is 17.1. The Morgan fingerprint density at radius 2 is 1.78 bits per heavy atom. The summed E-state index contributed by atoms with van der Waals surface area (Å²) < 4.78 is 29.8. The van der Waals surface area contributed by atoms with E-state index in [1.165, 1.54) is 30.0 Å². The van der Waals surface area contributed by atoms with Gasteiger partial charge >= 0.3 is 0 Å². The highest BCUT2D eigenvalue weighted by molar-refractivity contribution is 7.98. The normalized spacial score (nSPS) is 11.5. The lowest BCUT2D eigenvalue weighted by Gasteiger charge is -2.28. The van der Waals surface area contributed by atoms with Gasteiger partial charge in [-0.2, -0.15) is 0 Å². The topological polar surface area (TPSA) is 79.7 Å². The number of imidazole rings is 1. The Labute approximate surface area is 222 Å². The van der Waals surface area contributed by atoms with Crippen LogP contribution in [0.5, 0.6) is 0 Å². The van der Waals surface area contributed by atoms with E-state index in [1.54, 1.807) is 36.5 Å². The van der Waals surface area contributed by atoms with Crippen molar-refractivity contribution in [2.24, 2.45) is 5.73 Å². The summed E-state index contributed by atoms with van der Waals surface area (Å²) >= 11 is 13.9. The molecule has 0 saturated heterocycles. The zero-order valence-electron chi connectivity index (χ0n) is 19.4. The van der Waals surface area contributed by atoms with E-state index in [0.717, 1.165) is 22.5 Å². The molecule has 186 valence electrons. The second kappa shape index (κ2) is 10.5. The number of benzene rings is 3. The monoisotopic (exact) mass is 545 g/mol. The van der Waals surface area contributed by atoms with Crippen LogP contribution in [-0.4, -0.2) is 15.5 Å². The van der Waals surface area contributed by atoms with Crippen molar-refractivity contribution in [2.75, 3.05) is 5.32 Å². The number of rotatable bonds is 7. The standard InChI is InChI=1S/C26H23Cl2F2N5S/c1-26(2,16-4-9-19(27)20(28)12-16)23-13-33-25(35(23)18-7-5-17(29)6-8-18)36-14-15-3-10-21(30)22(11-15)34-24(31)32/h3-13H,14H2,1-2H3,(H4,31,32,34). The quantitative estimate of drug-likeness (QED) is 0.128. The average molecular weight is 546 g/mol. The Morgan fingerprint density at radius 1 is 1.06 bits per heavy atom. The number of guanidine groups is 1. The van der Waals surface area contributed by atoms with Crippen LogP contribution in [0.4, 0.5) is 14.5 Å². The summed E-state index contributed by atoms with van der Waals surface area (Å²) in [5, 5.41) is 11.5. The molecule has 0 radical (unpaired) electrons. The summed E-state index contributed by atoms with van der Waals surface area (Å²) in [6.07, 6.45) is 1.79. The minimum atomic E-state index is -0.525. The zero-order valence-corrected chi connectivity index (χ0v) is 21.8. The van der Waals surface area contributed by atoms with Gasteiger partial charge < -0.3 is 11.1 Å². The molecule has 1 aromatic heterocycles. The third-order valence-corrected chi connectivity index (χ3v) is 7.53. The van der Waals surface area contributed by atoms with Gasteiger partial charge in [0.2, 0.25) is 0 Å². The van der Waals surface area contributed by atoms with E-state index in [0.29, 0.717) is 21.0 Å². The Morgan fingerprint density at radius 3 is 2.44 bits per heavy atom. The van der Waals surface area contributed by atoms with Crippen molar-refractivity contribution in [1.29, 1.82) is 5.41 Å². The van der Waals surface area contributed by atoms with E-state index < -0.39 is 11.2 Å². The lowest BCUT2D eigenvalue weighted by atomic mass is 9.81. The molecule has 36 heavy (non-hydrogen) atoms. The number of halogens is 4. The predicted octanol–water partition coefficient (Wildman–Crippen LogP) is 7.38. The van der Waals surface area contributed by atoms with Crippen molar-refractivity contribution in [3.8, 4) is 5.69 Å². The number of hydrogen-bond donors (Lipinski definition) is 3. The molecule has 0 aliphatic heterocycles. The number of aromatic nitrogens is 2. The summed E-state index contributed by atoms with van der Waals surface area (Å²) in [5.74, 6) is -0.718. The molecular weight excluding hydrogens is 523 g/mol. The first-order valence-electron chi connectivity index (χ1n) is 10.9. The molecule has 1 heterocycles. The summed E-state index contributed by atoms with van der Waals surface area (Å²) in [7, 11) is 0. The molecule has 3 aromatic carbocycles. The molecule has 0 aliphatic rings. The Balaban J connectivity index is 1.73. The predicted molar refractivity (Wildman–Crippen MR) is 144 cm³/mol. The van der Waals surface area contributed by atoms with Gasteiger partial charge in [0.25, 0.3) is 0 Å². The van der Waals surface area contributed by atoms with Crippen molar-refractivity contribution in [1.82, 2.24) is 9.55 Å². The van der Waals surface area contributed by atoms with Crippen LogP contribution in [0, 0.1) is 17.0 Å². The summed E-state index contributed by atoms with van der Waals surface area (Å²) in [6.45, 7) is 4.11. The van der Waals surface area contributed by atoms with Gasteiger partial charge in [-0.3, -0.25) is 9.98 Å². The molecule has 5 nitrogen and oxygen atoms in total. The minimum Gasteiger partial charge on any atom is -0.370 e. The molecule has 0 spiro atoms. The fourth-order valence-corrected chi connectivity index (χ4v) is 5.03. The van der Waals surface area contributed by atoms with Gasteiger partial charge in [0, 0.05) is 16.9 Å².